The van der Waals surface area contributed by atoms with Gasteiger partial charge in [0.15, 0.2) is 15.9 Å². The van der Waals surface area contributed by atoms with Gasteiger partial charge in [-0.3, -0.25) is 9.69 Å². The maximum atomic E-state index is 13.1. The van der Waals surface area contributed by atoms with E-state index < -0.39 is 21.8 Å². The third-order valence-electron chi connectivity index (χ3n) is 3.64. The van der Waals surface area contributed by atoms with Gasteiger partial charge in [0.25, 0.3) is 5.91 Å². The van der Waals surface area contributed by atoms with Crippen molar-refractivity contribution in [1.82, 2.24) is 10.2 Å². The Kier molecular flexibility index (Phi) is 5.95. The SMILES string of the molecule is C[C@H](Oc1cccc(F)c1)C(=O)NCCN1CCS(=O)(=O)CC1. The second kappa shape index (κ2) is 7.74. The van der Waals surface area contributed by atoms with E-state index in [4.69, 9.17) is 4.74 Å². The van der Waals surface area contributed by atoms with Crippen LogP contribution in [-0.4, -0.2) is 63.0 Å². The minimum absolute atomic E-state index is 0.167. The van der Waals surface area contributed by atoms with Gasteiger partial charge in [0.2, 0.25) is 0 Å². The summed E-state index contributed by atoms with van der Waals surface area (Å²) in [5, 5.41) is 2.74. The quantitative estimate of drug-likeness (QED) is 0.810. The Morgan fingerprint density at radius 3 is 2.74 bits per heavy atom. The largest absolute Gasteiger partial charge is 0.481 e. The van der Waals surface area contributed by atoms with Gasteiger partial charge >= 0.3 is 0 Å². The lowest BCUT2D eigenvalue weighted by atomic mass is 10.3. The Balaban J connectivity index is 1.70. The van der Waals surface area contributed by atoms with E-state index in [0.717, 1.165) is 0 Å². The normalized spacial score (nSPS) is 19.0. The van der Waals surface area contributed by atoms with Crippen molar-refractivity contribution in [3.63, 3.8) is 0 Å². The molecule has 1 N–H and O–H groups in total. The first-order valence-corrected chi connectivity index (χ1v) is 9.30. The summed E-state index contributed by atoms with van der Waals surface area (Å²) in [4.78, 5) is 13.9. The van der Waals surface area contributed by atoms with Crippen molar-refractivity contribution in [2.45, 2.75) is 13.0 Å². The van der Waals surface area contributed by atoms with Crippen LogP contribution in [0, 0.1) is 5.82 Å². The molecule has 0 aliphatic carbocycles. The molecule has 23 heavy (non-hydrogen) atoms. The number of hydrogen-bond donors (Lipinski definition) is 1. The van der Waals surface area contributed by atoms with Crippen LogP contribution in [0.2, 0.25) is 0 Å². The third-order valence-corrected chi connectivity index (χ3v) is 5.25. The van der Waals surface area contributed by atoms with Gasteiger partial charge in [-0.15, -0.1) is 0 Å². The summed E-state index contributed by atoms with van der Waals surface area (Å²) in [6, 6.07) is 5.62. The number of nitrogens with zero attached hydrogens (tertiary/aromatic N) is 1. The molecule has 0 spiro atoms. The number of ether oxygens (including phenoxy) is 1. The molecular weight excluding hydrogens is 323 g/mol. The second-order valence-electron chi connectivity index (χ2n) is 5.50. The summed E-state index contributed by atoms with van der Waals surface area (Å²) >= 11 is 0. The minimum Gasteiger partial charge on any atom is -0.481 e. The summed E-state index contributed by atoms with van der Waals surface area (Å²) in [6.07, 6.45) is -0.737. The van der Waals surface area contributed by atoms with Crippen molar-refractivity contribution in [2.75, 3.05) is 37.7 Å². The van der Waals surface area contributed by atoms with Gasteiger partial charge in [-0.2, -0.15) is 0 Å². The Labute approximate surface area is 135 Å². The molecule has 1 heterocycles. The number of amides is 1. The minimum atomic E-state index is -2.89. The second-order valence-corrected chi connectivity index (χ2v) is 7.81. The maximum absolute atomic E-state index is 13.1. The summed E-state index contributed by atoms with van der Waals surface area (Å²) in [7, 11) is -2.89. The Morgan fingerprint density at radius 2 is 2.09 bits per heavy atom. The fourth-order valence-electron chi connectivity index (χ4n) is 2.25. The molecule has 128 valence electrons. The predicted octanol–water partition coefficient (Wildman–Crippen LogP) is 0.440. The van der Waals surface area contributed by atoms with Gasteiger partial charge in [-0.1, -0.05) is 6.07 Å². The van der Waals surface area contributed by atoms with Crippen LogP contribution in [0.15, 0.2) is 24.3 Å². The molecule has 1 amide bonds. The summed E-state index contributed by atoms with van der Waals surface area (Å²) in [6.45, 7) is 3.58. The van der Waals surface area contributed by atoms with Crippen LogP contribution in [0.5, 0.6) is 5.75 Å². The van der Waals surface area contributed by atoms with E-state index in [0.29, 0.717) is 31.9 Å². The van der Waals surface area contributed by atoms with Gasteiger partial charge in [0, 0.05) is 32.2 Å². The van der Waals surface area contributed by atoms with Gasteiger partial charge < -0.3 is 10.1 Å². The molecule has 6 nitrogen and oxygen atoms in total. The molecule has 8 heteroatoms. The van der Waals surface area contributed by atoms with Crippen molar-refractivity contribution >= 4 is 15.7 Å². The predicted molar refractivity (Wildman–Crippen MR) is 84.6 cm³/mol. The van der Waals surface area contributed by atoms with E-state index in [1.54, 1.807) is 13.0 Å². The van der Waals surface area contributed by atoms with Crippen LogP contribution in [0.4, 0.5) is 4.39 Å². The van der Waals surface area contributed by atoms with Crippen LogP contribution >= 0.6 is 0 Å². The number of sulfone groups is 1. The highest BCUT2D eigenvalue weighted by atomic mass is 32.2. The number of benzene rings is 1. The average Bonchev–Trinajstić information content (AvgIpc) is 2.49. The molecule has 1 aromatic carbocycles. The van der Waals surface area contributed by atoms with E-state index in [1.165, 1.54) is 18.2 Å². The molecule has 0 unspecified atom stereocenters. The first kappa shape index (κ1) is 17.7. The Bertz CT molecular complexity index is 637. The Hall–Kier alpha value is -1.67. The topological polar surface area (TPSA) is 75.7 Å². The highest BCUT2D eigenvalue weighted by Crippen LogP contribution is 2.13. The van der Waals surface area contributed by atoms with Crippen molar-refractivity contribution in [2.24, 2.45) is 0 Å². The lowest BCUT2D eigenvalue weighted by molar-refractivity contribution is -0.127. The van der Waals surface area contributed by atoms with Crippen molar-refractivity contribution in [1.29, 1.82) is 0 Å². The summed E-state index contributed by atoms with van der Waals surface area (Å²) in [5.41, 5.74) is 0. The smallest absolute Gasteiger partial charge is 0.260 e. The summed E-state index contributed by atoms with van der Waals surface area (Å²) < 4.78 is 41.1. The van der Waals surface area contributed by atoms with Crippen molar-refractivity contribution < 1.29 is 22.3 Å². The number of carbonyl (C=O) groups excluding carboxylic acids is 1. The van der Waals surface area contributed by atoms with Crippen LogP contribution < -0.4 is 10.1 Å². The van der Waals surface area contributed by atoms with Crippen LogP contribution in [0.25, 0.3) is 0 Å². The van der Waals surface area contributed by atoms with Gasteiger partial charge in [-0.25, -0.2) is 12.8 Å². The molecule has 0 saturated carbocycles. The van der Waals surface area contributed by atoms with Gasteiger partial charge in [0.05, 0.1) is 11.5 Å². The number of hydrogen-bond acceptors (Lipinski definition) is 5. The highest BCUT2D eigenvalue weighted by Gasteiger charge is 2.21. The zero-order chi connectivity index (χ0) is 16.9. The standard InChI is InChI=1S/C15H21FN2O4S/c1-12(22-14-4-2-3-13(16)11-14)15(19)17-5-6-18-7-9-23(20,21)10-8-18/h2-4,11-12H,5-10H2,1H3,(H,17,19)/t12-/m0/s1. The summed E-state index contributed by atoms with van der Waals surface area (Å²) in [5.74, 6) is -0.0806. The number of nitrogens with one attached hydrogen (secondary N) is 1. The molecular formula is C15H21FN2O4S. The molecule has 0 bridgehead atoms. The van der Waals surface area contributed by atoms with E-state index in [1.807, 2.05) is 4.90 Å². The van der Waals surface area contributed by atoms with E-state index >= 15 is 0 Å². The Morgan fingerprint density at radius 1 is 1.39 bits per heavy atom. The molecule has 1 fully saturated rings. The molecule has 0 aromatic heterocycles. The fourth-order valence-corrected chi connectivity index (χ4v) is 3.53. The first-order chi connectivity index (χ1) is 10.9. The molecule has 1 aromatic rings. The highest BCUT2D eigenvalue weighted by molar-refractivity contribution is 7.91. The monoisotopic (exact) mass is 344 g/mol. The first-order valence-electron chi connectivity index (χ1n) is 7.48. The fraction of sp³-hybridized carbons (Fsp3) is 0.533. The number of halogens is 1. The zero-order valence-corrected chi connectivity index (χ0v) is 13.8. The molecule has 0 radical (unpaired) electrons. The molecule has 1 aliphatic heterocycles. The number of rotatable bonds is 6. The third kappa shape index (κ3) is 5.80. The average molecular weight is 344 g/mol. The molecule has 1 saturated heterocycles. The molecule has 2 rings (SSSR count). The van der Waals surface area contributed by atoms with E-state index in [-0.39, 0.29) is 17.4 Å². The van der Waals surface area contributed by atoms with Crippen LogP contribution in [0.3, 0.4) is 0 Å². The zero-order valence-electron chi connectivity index (χ0n) is 13.0. The van der Waals surface area contributed by atoms with Gasteiger partial charge in [-0.05, 0) is 19.1 Å². The maximum Gasteiger partial charge on any atom is 0.260 e. The number of carbonyl (C=O) groups is 1. The molecule has 1 aliphatic rings. The van der Waals surface area contributed by atoms with E-state index in [9.17, 15) is 17.6 Å². The van der Waals surface area contributed by atoms with Gasteiger partial charge in [0.1, 0.15) is 11.6 Å². The molecule has 1 atom stereocenters. The van der Waals surface area contributed by atoms with Crippen molar-refractivity contribution in [3.8, 4) is 5.75 Å². The lowest BCUT2D eigenvalue weighted by Gasteiger charge is -2.26. The van der Waals surface area contributed by atoms with Crippen molar-refractivity contribution in [3.05, 3.63) is 30.1 Å². The van der Waals surface area contributed by atoms with E-state index in [2.05, 4.69) is 5.32 Å². The lowest BCUT2D eigenvalue weighted by Crippen LogP contribution is -2.45. The van der Waals surface area contributed by atoms with Crippen LogP contribution in [-0.2, 0) is 14.6 Å². The van der Waals surface area contributed by atoms with Crippen LogP contribution in [0.1, 0.15) is 6.92 Å².